The molecule has 0 aliphatic rings. The molecular formula is C17H21O4P. The quantitative estimate of drug-likeness (QED) is 0.746. The van der Waals surface area contributed by atoms with Gasteiger partial charge in [0.15, 0.2) is 0 Å². The number of aryl methyl sites for hydroxylation is 1. The van der Waals surface area contributed by atoms with E-state index in [1.165, 1.54) is 0 Å². The second-order valence-corrected chi connectivity index (χ2v) is 6.93. The fourth-order valence-electron chi connectivity index (χ4n) is 2.07. The zero-order valence-corrected chi connectivity index (χ0v) is 13.5. The smallest absolute Gasteiger partial charge is 0.328 e. The van der Waals surface area contributed by atoms with E-state index in [9.17, 15) is 9.46 Å². The third-order valence-electron chi connectivity index (χ3n) is 3.16. The SMILES string of the molecule is CCOP(=O)(O)CCc1cccc(OCc2ccccc2)c1. The Kier molecular flexibility index (Phi) is 6.20. The maximum atomic E-state index is 11.7. The molecule has 0 amide bonds. The Morgan fingerprint density at radius 1 is 1.05 bits per heavy atom. The minimum Gasteiger partial charge on any atom is -0.489 e. The highest BCUT2D eigenvalue weighted by Crippen LogP contribution is 2.42. The topological polar surface area (TPSA) is 55.8 Å². The van der Waals surface area contributed by atoms with Crippen LogP contribution in [0.1, 0.15) is 18.1 Å². The van der Waals surface area contributed by atoms with Crippen molar-refractivity contribution in [3.05, 3.63) is 65.7 Å². The average Bonchev–Trinajstić information content (AvgIpc) is 2.53. The summed E-state index contributed by atoms with van der Waals surface area (Å²) in [6.45, 7) is 2.46. The molecule has 0 aliphatic heterocycles. The summed E-state index contributed by atoms with van der Waals surface area (Å²) in [6.07, 6.45) is 0.597. The monoisotopic (exact) mass is 320 g/mol. The molecule has 22 heavy (non-hydrogen) atoms. The van der Waals surface area contributed by atoms with Gasteiger partial charge in [-0.05, 0) is 36.6 Å². The van der Waals surface area contributed by atoms with Gasteiger partial charge in [0, 0.05) is 0 Å². The van der Waals surface area contributed by atoms with Crippen LogP contribution in [-0.2, 0) is 22.1 Å². The van der Waals surface area contributed by atoms with E-state index in [0.717, 1.165) is 16.9 Å². The first kappa shape index (κ1) is 16.8. The van der Waals surface area contributed by atoms with Gasteiger partial charge in [-0.25, -0.2) is 0 Å². The van der Waals surface area contributed by atoms with E-state index in [2.05, 4.69) is 0 Å². The summed E-state index contributed by atoms with van der Waals surface area (Å²) >= 11 is 0. The van der Waals surface area contributed by atoms with Crippen LogP contribution in [0.5, 0.6) is 5.75 Å². The van der Waals surface area contributed by atoms with E-state index >= 15 is 0 Å². The fourth-order valence-corrected chi connectivity index (χ4v) is 3.14. The van der Waals surface area contributed by atoms with Gasteiger partial charge in [-0.3, -0.25) is 4.57 Å². The van der Waals surface area contributed by atoms with E-state index in [-0.39, 0.29) is 12.8 Å². The molecule has 4 nitrogen and oxygen atoms in total. The average molecular weight is 320 g/mol. The van der Waals surface area contributed by atoms with Crippen LogP contribution < -0.4 is 4.74 Å². The molecule has 1 atom stereocenters. The van der Waals surface area contributed by atoms with Crippen molar-refractivity contribution in [2.75, 3.05) is 12.8 Å². The zero-order chi connectivity index (χ0) is 15.8. The lowest BCUT2D eigenvalue weighted by atomic mass is 10.1. The van der Waals surface area contributed by atoms with Gasteiger partial charge in [-0.1, -0.05) is 42.5 Å². The van der Waals surface area contributed by atoms with Crippen LogP contribution >= 0.6 is 7.60 Å². The van der Waals surface area contributed by atoms with Gasteiger partial charge >= 0.3 is 7.60 Å². The third-order valence-corrected chi connectivity index (χ3v) is 4.61. The Morgan fingerprint density at radius 3 is 2.50 bits per heavy atom. The molecule has 0 spiro atoms. The summed E-state index contributed by atoms with van der Waals surface area (Å²) in [5.74, 6) is 0.755. The van der Waals surface area contributed by atoms with Gasteiger partial charge < -0.3 is 14.2 Å². The highest BCUT2D eigenvalue weighted by molar-refractivity contribution is 7.52. The van der Waals surface area contributed by atoms with Crippen LogP contribution in [0, 0.1) is 0 Å². The molecule has 1 N–H and O–H groups in total. The minimum atomic E-state index is -3.48. The Morgan fingerprint density at radius 2 is 1.77 bits per heavy atom. The van der Waals surface area contributed by atoms with Gasteiger partial charge in [0.25, 0.3) is 0 Å². The molecule has 0 heterocycles. The molecule has 118 valence electrons. The maximum absolute atomic E-state index is 11.7. The first-order chi connectivity index (χ1) is 10.6. The zero-order valence-electron chi connectivity index (χ0n) is 12.6. The highest BCUT2D eigenvalue weighted by atomic mass is 31.2. The van der Waals surface area contributed by atoms with Crippen LogP contribution in [-0.4, -0.2) is 17.7 Å². The van der Waals surface area contributed by atoms with Gasteiger partial charge in [-0.2, -0.15) is 0 Å². The van der Waals surface area contributed by atoms with Crippen LogP contribution in [0.25, 0.3) is 0 Å². The minimum absolute atomic E-state index is 0.114. The summed E-state index contributed by atoms with van der Waals surface area (Å²) in [5, 5.41) is 0. The number of hydrogen-bond acceptors (Lipinski definition) is 3. The molecule has 0 saturated heterocycles. The first-order valence-electron chi connectivity index (χ1n) is 7.31. The lowest BCUT2D eigenvalue weighted by molar-refractivity contribution is 0.273. The predicted octanol–water partition coefficient (Wildman–Crippen LogP) is 4.03. The van der Waals surface area contributed by atoms with E-state index in [1.54, 1.807) is 6.92 Å². The van der Waals surface area contributed by atoms with Crippen molar-refractivity contribution in [2.45, 2.75) is 20.0 Å². The molecule has 0 aromatic heterocycles. The molecule has 1 unspecified atom stereocenters. The summed E-state index contributed by atoms with van der Waals surface area (Å²) in [6, 6.07) is 17.5. The van der Waals surface area contributed by atoms with Crippen molar-refractivity contribution >= 4 is 7.60 Å². The molecule has 2 aromatic carbocycles. The molecule has 0 saturated carbocycles. The third kappa shape index (κ3) is 5.64. The lowest BCUT2D eigenvalue weighted by Crippen LogP contribution is -1.99. The molecule has 0 radical (unpaired) electrons. The number of benzene rings is 2. The molecule has 5 heteroatoms. The number of rotatable bonds is 8. The van der Waals surface area contributed by atoms with Gasteiger partial charge in [0.05, 0.1) is 12.8 Å². The Labute approximate surface area is 131 Å². The highest BCUT2D eigenvalue weighted by Gasteiger charge is 2.17. The summed E-state index contributed by atoms with van der Waals surface area (Å²) < 4.78 is 22.3. The largest absolute Gasteiger partial charge is 0.489 e. The van der Waals surface area contributed by atoms with Crippen molar-refractivity contribution in [3.8, 4) is 5.75 Å². The van der Waals surface area contributed by atoms with Crippen LogP contribution in [0.3, 0.4) is 0 Å². The fraction of sp³-hybridized carbons (Fsp3) is 0.294. The van der Waals surface area contributed by atoms with Crippen LogP contribution in [0.4, 0.5) is 0 Å². The van der Waals surface area contributed by atoms with Crippen molar-refractivity contribution in [2.24, 2.45) is 0 Å². The second kappa shape index (κ2) is 8.14. The second-order valence-electron chi connectivity index (χ2n) is 4.95. The van der Waals surface area contributed by atoms with E-state index in [0.29, 0.717) is 13.0 Å². The van der Waals surface area contributed by atoms with E-state index < -0.39 is 7.60 Å². The summed E-state index contributed by atoms with van der Waals surface area (Å²) in [7, 11) is -3.48. The molecule has 0 bridgehead atoms. The number of hydrogen-bond donors (Lipinski definition) is 1. The summed E-state index contributed by atoms with van der Waals surface area (Å²) in [5.41, 5.74) is 2.06. The molecule has 0 aliphatic carbocycles. The van der Waals surface area contributed by atoms with Crippen molar-refractivity contribution in [1.82, 2.24) is 0 Å². The first-order valence-corrected chi connectivity index (χ1v) is 9.07. The van der Waals surface area contributed by atoms with Gasteiger partial charge in [0.2, 0.25) is 0 Å². The van der Waals surface area contributed by atoms with Crippen molar-refractivity contribution in [1.29, 1.82) is 0 Å². The van der Waals surface area contributed by atoms with Gasteiger partial charge in [-0.15, -0.1) is 0 Å². The number of ether oxygens (including phenoxy) is 1. The molecule has 0 fully saturated rings. The van der Waals surface area contributed by atoms with Crippen molar-refractivity contribution in [3.63, 3.8) is 0 Å². The lowest BCUT2D eigenvalue weighted by Gasteiger charge is -2.11. The summed E-state index contributed by atoms with van der Waals surface area (Å²) in [4.78, 5) is 9.60. The van der Waals surface area contributed by atoms with Crippen molar-refractivity contribution < 1.29 is 18.7 Å². The van der Waals surface area contributed by atoms with Crippen LogP contribution in [0.15, 0.2) is 54.6 Å². The molecule has 2 rings (SSSR count). The molecule has 2 aromatic rings. The van der Waals surface area contributed by atoms with Crippen LogP contribution in [0.2, 0.25) is 0 Å². The predicted molar refractivity (Wildman–Crippen MR) is 87.2 cm³/mol. The Balaban J connectivity index is 1.91. The maximum Gasteiger partial charge on any atom is 0.328 e. The Bertz CT molecular complexity index is 628. The van der Waals surface area contributed by atoms with E-state index in [1.807, 2.05) is 54.6 Å². The van der Waals surface area contributed by atoms with E-state index in [4.69, 9.17) is 9.26 Å². The molecular weight excluding hydrogens is 299 g/mol. The standard InChI is InChI=1S/C17H21O4P/c1-2-21-22(18,19)12-11-15-9-6-10-17(13-15)20-14-16-7-4-3-5-8-16/h3-10,13H,2,11-12,14H2,1H3,(H,18,19). The normalized spacial score (nSPS) is 13.5. The van der Waals surface area contributed by atoms with Gasteiger partial charge in [0.1, 0.15) is 12.4 Å². The Hall–Kier alpha value is -1.61.